The van der Waals surface area contributed by atoms with Crippen LogP contribution in [-0.4, -0.2) is 46.0 Å². The largest absolute Gasteiger partial charge is 0.504 e. The number of benzene rings is 1. The van der Waals surface area contributed by atoms with E-state index >= 15 is 0 Å². The molecule has 0 aromatic heterocycles. The molecule has 2 amide bonds. The van der Waals surface area contributed by atoms with Gasteiger partial charge in [-0.15, -0.1) is 0 Å². The number of hydrogen-bond donors (Lipinski definition) is 1. The van der Waals surface area contributed by atoms with Gasteiger partial charge in [0.15, 0.2) is 23.1 Å². The van der Waals surface area contributed by atoms with Gasteiger partial charge in [-0.05, 0) is 67.6 Å². The van der Waals surface area contributed by atoms with E-state index in [1.165, 1.54) is 18.1 Å². The van der Waals surface area contributed by atoms with Crippen LogP contribution in [-0.2, 0) is 19.2 Å². The Labute approximate surface area is 225 Å². The Morgan fingerprint density at radius 3 is 2.39 bits per heavy atom. The number of hydrogen-bond acceptors (Lipinski definition) is 6. The summed E-state index contributed by atoms with van der Waals surface area (Å²) in [6, 6.07) is 3.32. The van der Waals surface area contributed by atoms with Crippen molar-refractivity contribution < 1.29 is 29.0 Å². The summed E-state index contributed by atoms with van der Waals surface area (Å²) >= 11 is 6.67. The Balaban J connectivity index is 1.73. The molecule has 0 spiro atoms. The lowest BCUT2D eigenvalue weighted by molar-refractivity contribution is -0.145. The first kappa shape index (κ1) is 25.1. The highest BCUT2D eigenvalue weighted by molar-refractivity contribution is 9.12. The molecule has 4 aliphatic rings. The first-order chi connectivity index (χ1) is 16.9. The predicted octanol–water partition coefficient (Wildman–Crippen LogP) is 4.72. The van der Waals surface area contributed by atoms with Crippen LogP contribution < -0.4 is 4.74 Å². The molecule has 3 aliphatic carbocycles. The molecule has 0 unspecified atom stereocenters. The number of carbonyl (C=O) groups excluding carboxylic acids is 4. The number of nitrogens with zero attached hydrogens (tertiary/aromatic N) is 1. The smallest absolute Gasteiger partial charge is 0.234 e. The van der Waals surface area contributed by atoms with Crippen LogP contribution in [0.2, 0.25) is 0 Å². The maximum Gasteiger partial charge on any atom is 0.234 e. The van der Waals surface area contributed by atoms with E-state index in [1.807, 2.05) is 26.8 Å². The zero-order valence-electron chi connectivity index (χ0n) is 20.2. The minimum atomic E-state index is -0.758. The van der Waals surface area contributed by atoms with Crippen molar-refractivity contribution in [3.63, 3.8) is 0 Å². The maximum atomic E-state index is 13.7. The van der Waals surface area contributed by atoms with Crippen LogP contribution in [0.15, 0.2) is 50.0 Å². The summed E-state index contributed by atoms with van der Waals surface area (Å²) in [5.74, 6) is -3.41. The number of phenols is 1. The lowest BCUT2D eigenvalue weighted by atomic mass is 9.59. The molecule has 4 atom stereocenters. The highest BCUT2D eigenvalue weighted by atomic mass is 79.9. The first-order valence-electron chi connectivity index (χ1n) is 11.7. The molecular weight excluding hydrogens is 594 g/mol. The van der Waals surface area contributed by atoms with Gasteiger partial charge in [0.25, 0.3) is 0 Å². The molecule has 1 saturated heterocycles. The number of amides is 2. The molecular formula is C27H25Br2NO6. The van der Waals surface area contributed by atoms with Crippen molar-refractivity contribution in [1.82, 2.24) is 4.90 Å². The van der Waals surface area contributed by atoms with Gasteiger partial charge in [0.1, 0.15) is 0 Å². The second-order valence-corrected chi connectivity index (χ2v) is 12.4. The Morgan fingerprint density at radius 1 is 1.06 bits per heavy atom. The fraction of sp³-hybridized carbons (Fsp3) is 0.407. The Hall–Kier alpha value is -2.52. The number of Topliss-reactive ketones (excluding diaryl/α,β-unsaturated/α-hetero) is 1. The van der Waals surface area contributed by atoms with Gasteiger partial charge in [-0.3, -0.25) is 24.1 Å². The van der Waals surface area contributed by atoms with E-state index in [9.17, 15) is 24.3 Å². The summed E-state index contributed by atoms with van der Waals surface area (Å²) in [7, 11) is 1.43. The molecule has 188 valence electrons. The molecule has 1 N–H and O–H groups in total. The number of carbonyl (C=O) groups is 4. The van der Waals surface area contributed by atoms with Crippen LogP contribution in [0.5, 0.6) is 11.5 Å². The Morgan fingerprint density at radius 2 is 1.75 bits per heavy atom. The van der Waals surface area contributed by atoms with E-state index in [1.54, 1.807) is 12.1 Å². The van der Waals surface area contributed by atoms with E-state index in [-0.39, 0.29) is 45.8 Å². The van der Waals surface area contributed by atoms with E-state index in [0.717, 1.165) is 5.57 Å². The van der Waals surface area contributed by atoms with Gasteiger partial charge >= 0.3 is 0 Å². The highest BCUT2D eigenvalue weighted by Gasteiger charge is 2.58. The van der Waals surface area contributed by atoms with Crippen LogP contribution in [0, 0.1) is 17.8 Å². The molecule has 5 rings (SSSR count). The van der Waals surface area contributed by atoms with Crippen molar-refractivity contribution in [3.05, 3.63) is 55.5 Å². The summed E-state index contributed by atoms with van der Waals surface area (Å²) < 4.78 is 6.14. The van der Waals surface area contributed by atoms with Gasteiger partial charge in [0, 0.05) is 38.7 Å². The van der Waals surface area contributed by atoms with E-state index in [2.05, 4.69) is 31.9 Å². The number of likely N-dealkylation sites (tertiary alicyclic amines) is 1. The molecule has 1 aromatic rings. The molecule has 0 radical (unpaired) electrons. The van der Waals surface area contributed by atoms with E-state index < -0.39 is 29.2 Å². The van der Waals surface area contributed by atoms with Crippen molar-refractivity contribution in [3.8, 4) is 11.5 Å². The van der Waals surface area contributed by atoms with Crippen LogP contribution >= 0.6 is 31.9 Å². The average Bonchev–Trinajstić information content (AvgIpc) is 3.07. The number of fused-ring (bicyclic) bond motifs is 3. The fourth-order valence-electron chi connectivity index (χ4n) is 6.19. The van der Waals surface area contributed by atoms with Gasteiger partial charge in [0.2, 0.25) is 11.8 Å². The molecule has 1 fully saturated rings. The fourth-order valence-corrected chi connectivity index (χ4v) is 7.10. The van der Waals surface area contributed by atoms with Crippen molar-refractivity contribution in [2.24, 2.45) is 17.8 Å². The zero-order valence-corrected chi connectivity index (χ0v) is 23.4. The molecule has 1 aliphatic heterocycles. The van der Waals surface area contributed by atoms with E-state index in [4.69, 9.17) is 4.74 Å². The SMILES string of the molecule is COc1cc(Br)cc([C@H]2C3=CC[C@@H]4C(=O)N(C(C)(C)C)C(=O)[C@@H]4[C@@H]3CC3=C2C(=O)C=C(Br)C3=O)c1O. The number of rotatable bonds is 2. The summed E-state index contributed by atoms with van der Waals surface area (Å²) in [4.78, 5) is 55.0. The van der Waals surface area contributed by atoms with Crippen molar-refractivity contribution in [1.29, 1.82) is 0 Å². The minimum Gasteiger partial charge on any atom is -0.504 e. The van der Waals surface area contributed by atoms with Crippen molar-refractivity contribution >= 4 is 55.2 Å². The minimum absolute atomic E-state index is 0.139. The lowest BCUT2D eigenvalue weighted by Crippen LogP contribution is -2.46. The number of ketones is 2. The van der Waals surface area contributed by atoms with Crippen molar-refractivity contribution in [2.75, 3.05) is 7.11 Å². The molecule has 36 heavy (non-hydrogen) atoms. The van der Waals surface area contributed by atoms with Gasteiger partial charge in [-0.2, -0.15) is 0 Å². The maximum absolute atomic E-state index is 13.7. The first-order valence-corrected chi connectivity index (χ1v) is 13.3. The number of ether oxygens (including phenoxy) is 1. The average molecular weight is 619 g/mol. The van der Waals surface area contributed by atoms with Crippen LogP contribution in [0.3, 0.4) is 0 Å². The van der Waals surface area contributed by atoms with Gasteiger partial charge in [0.05, 0.1) is 23.4 Å². The summed E-state index contributed by atoms with van der Waals surface area (Å²) in [6.45, 7) is 5.49. The molecule has 9 heteroatoms. The van der Waals surface area contributed by atoms with Crippen LogP contribution in [0.4, 0.5) is 0 Å². The van der Waals surface area contributed by atoms with Gasteiger partial charge in [-0.1, -0.05) is 27.6 Å². The highest BCUT2D eigenvalue weighted by Crippen LogP contribution is 2.57. The number of methoxy groups -OCH3 is 1. The number of phenolic OH excluding ortho intramolecular Hbond substituents is 1. The predicted molar refractivity (Wildman–Crippen MR) is 139 cm³/mol. The topological polar surface area (TPSA) is 101 Å². The Bertz CT molecular complexity index is 1350. The normalized spacial score (nSPS) is 28.0. The number of imide groups is 1. The van der Waals surface area contributed by atoms with Crippen molar-refractivity contribution in [2.45, 2.75) is 45.1 Å². The number of halogens is 2. The second kappa shape index (κ2) is 8.52. The van der Waals surface area contributed by atoms with Gasteiger partial charge in [-0.25, -0.2) is 0 Å². The quantitative estimate of drug-likeness (QED) is 0.292. The molecule has 0 bridgehead atoms. The van der Waals surface area contributed by atoms with E-state index in [0.29, 0.717) is 27.6 Å². The summed E-state index contributed by atoms with van der Waals surface area (Å²) in [5.41, 5.74) is 1.11. The summed E-state index contributed by atoms with van der Waals surface area (Å²) in [6.07, 6.45) is 3.71. The molecule has 1 aromatic carbocycles. The molecule has 1 heterocycles. The number of allylic oxidation sites excluding steroid dienone is 6. The third-order valence-corrected chi connectivity index (χ3v) is 8.65. The van der Waals surface area contributed by atoms with Gasteiger partial charge < -0.3 is 9.84 Å². The third kappa shape index (κ3) is 3.57. The Kier molecular flexibility index (Phi) is 5.95. The van der Waals surface area contributed by atoms with Crippen LogP contribution in [0.25, 0.3) is 0 Å². The third-order valence-electron chi connectivity index (χ3n) is 7.60. The lowest BCUT2D eigenvalue weighted by Gasteiger charge is -2.42. The summed E-state index contributed by atoms with van der Waals surface area (Å²) in [5, 5.41) is 11.1. The standard InChI is InChI=1S/C27H25Br2NO6/c1-27(2,3)30-25(34)13-6-5-12-14(21(13)26(30)35)9-16-22(18(31)10-17(29)23(16)32)20(12)15-7-11(28)8-19(36-4)24(15)33/h5,7-8,10,13-14,20-21,33H,6,9H2,1-4H3/t13-,14+,20+,21-/m0/s1. The second-order valence-electron chi connectivity index (χ2n) is 10.6. The molecule has 7 nitrogen and oxygen atoms in total. The monoisotopic (exact) mass is 617 g/mol. The zero-order chi connectivity index (χ0) is 26.3. The number of aromatic hydroxyl groups is 1. The van der Waals surface area contributed by atoms with Crippen LogP contribution in [0.1, 0.15) is 45.1 Å². The molecule has 0 saturated carbocycles.